The lowest BCUT2D eigenvalue weighted by atomic mass is 10.1. The SMILES string of the molecule is CC(NC(=O)c1cc(-c2cccnc2)n[nH]1)c1ccccc1. The first-order chi connectivity index (χ1) is 10.7. The maximum atomic E-state index is 12.3. The van der Waals surface area contributed by atoms with Crippen LogP contribution in [-0.4, -0.2) is 21.1 Å². The molecular weight excluding hydrogens is 276 g/mol. The molecule has 0 saturated heterocycles. The molecule has 0 aliphatic carbocycles. The van der Waals surface area contributed by atoms with Gasteiger partial charge in [-0.3, -0.25) is 14.9 Å². The van der Waals surface area contributed by atoms with Crippen molar-refractivity contribution in [3.63, 3.8) is 0 Å². The molecule has 3 aromatic rings. The summed E-state index contributed by atoms with van der Waals surface area (Å²) >= 11 is 0. The van der Waals surface area contributed by atoms with Gasteiger partial charge < -0.3 is 5.32 Å². The highest BCUT2D eigenvalue weighted by molar-refractivity contribution is 5.93. The maximum Gasteiger partial charge on any atom is 0.269 e. The second-order valence-electron chi connectivity index (χ2n) is 5.01. The van der Waals surface area contributed by atoms with Gasteiger partial charge in [0.1, 0.15) is 5.69 Å². The highest BCUT2D eigenvalue weighted by atomic mass is 16.2. The van der Waals surface area contributed by atoms with Crippen LogP contribution in [0.1, 0.15) is 29.0 Å². The Labute approximate surface area is 128 Å². The van der Waals surface area contributed by atoms with Gasteiger partial charge in [0.2, 0.25) is 0 Å². The second-order valence-corrected chi connectivity index (χ2v) is 5.01. The number of carbonyl (C=O) groups is 1. The van der Waals surface area contributed by atoms with Crippen LogP contribution in [0.25, 0.3) is 11.3 Å². The molecule has 5 nitrogen and oxygen atoms in total. The average Bonchev–Trinajstić information content (AvgIpc) is 3.06. The molecular formula is C17H16N4O. The number of carbonyl (C=O) groups excluding carboxylic acids is 1. The fourth-order valence-corrected chi connectivity index (χ4v) is 2.20. The Hall–Kier alpha value is -2.95. The molecule has 0 radical (unpaired) electrons. The Balaban J connectivity index is 1.72. The van der Waals surface area contributed by atoms with E-state index in [2.05, 4.69) is 20.5 Å². The van der Waals surface area contributed by atoms with Crippen molar-refractivity contribution in [1.29, 1.82) is 0 Å². The van der Waals surface area contributed by atoms with Crippen LogP contribution in [-0.2, 0) is 0 Å². The molecule has 0 aliphatic heterocycles. The van der Waals surface area contributed by atoms with Crippen molar-refractivity contribution < 1.29 is 4.79 Å². The molecule has 2 aromatic heterocycles. The monoisotopic (exact) mass is 292 g/mol. The number of nitrogens with one attached hydrogen (secondary N) is 2. The number of nitrogens with zero attached hydrogens (tertiary/aromatic N) is 2. The van der Waals surface area contributed by atoms with Gasteiger partial charge in [0.05, 0.1) is 11.7 Å². The summed E-state index contributed by atoms with van der Waals surface area (Å²) in [5.74, 6) is -0.181. The molecule has 1 atom stereocenters. The van der Waals surface area contributed by atoms with E-state index in [1.54, 1.807) is 18.5 Å². The fraction of sp³-hybridized carbons (Fsp3) is 0.118. The third-order valence-electron chi connectivity index (χ3n) is 3.43. The predicted molar refractivity (Wildman–Crippen MR) is 84.1 cm³/mol. The standard InChI is InChI=1S/C17H16N4O/c1-12(13-6-3-2-4-7-13)19-17(22)16-10-15(20-21-16)14-8-5-9-18-11-14/h2-12H,1H3,(H,19,22)(H,20,21). The Morgan fingerprint density at radius 2 is 2.00 bits per heavy atom. The van der Waals surface area contributed by atoms with Gasteiger partial charge in [-0.05, 0) is 30.7 Å². The molecule has 2 heterocycles. The molecule has 5 heteroatoms. The number of benzene rings is 1. The summed E-state index contributed by atoms with van der Waals surface area (Å²) in [5, 5.41) is 9.88. The highest BCUT2D eigenvalue weighted by Gasteiger charge is 2.14. The smallest absolute Gasteiger partial charge is 0.269 e. The number of pyridine rings is 1. The van der Waals surface area contributed by atoms with E-state index < -0.39 is 0 Å². The lowest BCUT2D eigenvalue weighted by Crippen LogP contribution is -2.26. The lowest BCUT2D eigenvalue weighted by Gasteiger charge is -2.13. The Bertz CT molecular complexity index is 753. The molecule has 3 rings (SSSR count). The van der Waals surface area contributed by atoms with E-state index >= 15 is 0 Å². The van der Waals surface area contributed by atoms with Crippen molar-refractivity contribution in [2.24, 2.45) is 0 Å². The lowest BCUT2D eigenvalue weighted by molar-refractivity contribution is 0.0935. The van der Waals surface area contributed by atoms with Gasteiger partial charge in [-0.1, -0.05) is 30.3 Å². The number of aromatic nitrogens is 3. The van der Waals surface area contributed by atoms with Crippen molar-refractivity contribution >= 4 is 5.91 Å². The highest BCUT2D eigenvalue weighted by Crippen LogP contribution is 2.17. The molecule has 2 N–H and O–H groups in total. The average molecular weight is 292 g/mol. The number of H-pyrrole nitrogens is 1. The molecule has 0 aliphatic rings. The molecule has 110 valence electrons. The van der Waals surface area contributed by atoms with E-state index in [1.165, 1.54) is 0 Å². The molecule has 1 aromatic carbocycles. The van der Waals surface area contributed by atoms with Crippen LogP contribution in [0.2, 0.25) is 0 Å². The zero-order chi connectivity index (χ0) is 15.4. The first-order valence-electron chi connectivity index (χ1n) is 7.05. The molecule has 1 amide bonds. The minimum atomic E-state index is -0.181. The number of amides is 1. The fourth-order valence-electron chi connectivity index (χ4n) is 2.20. The zero-order valence-electron chi connectivity index (χ0n) is 12.2. The van der Waals surface area contributed by atoms with Gasteiger partial charge >= 0.3 is 0 Å². The van der Waals surface area contributed by atoms with E-state index in [4.69, 9.17) is 0 Å². The van der Waals surface area contributed by atoms with E-state index in [-0.39, 0.29) is 11.9 Å². The first kappa shape index (κ1) is 14.0. The minimum Gasteiger partial charge on any atom is -0.344 e. The summed E-state index contributed by atoms with van der Waals surface area (Å²) in [6.07, 6.45) is 3.41. The van der Waals surface area contributed by atoms with Gasteiger partial charge in [0, 0.05) is 18.0 Å². The summed E-state index contributed by atoms with van der Waals surface area (Å²) in [6.45, 7) is 1.95. The minimum absolute atomic E-state index is 0.0705. The van der Waals surface area contributed by atoms with E-state index in [9.17, 15) is 4.79 Å². The van der Waals surface area contributed by atoms with Gasteiger partial charge in [-0.2, -0.15) is 5.10 Å². The van der Waals surface area contributed by atoms with Crippen LogP contribution < -0.4 is 5.32 Å². The number of hydrogen-bond donors (Lipinski definition) is 2. The Morgan fingerprint density at radius 3 is 2.73 bits per heavy atom. The van der Waals surface area contributed by atoms with E-state index in [0.29, 0.717) is 11.4 Å². The summed E-state index contributed by atoms with van der Waals surface area (Å²) in [6, 6.07) is 15.2. The number of hydrogen-bond acceptors (Lipinski definition) is 3. The second kappa shape index (κ2) is 6.22. The van der Waals surface area contributed by atoms with Crippen molar-refractivity contribution in [2.75, 3.05) is 0 Å². The normalized spacial score (nSPS) is 11.9. The largest absolute Gasteiger partial charge is 0.344 e. The first-order valence-corrected chi connectivity index (χ1v) is 7.05. The van der Waals surface area contributed by atoms with E-state index in [1.807, 2.05) is 49.4 Å². The molecule has 0 bridgehead atoms. The van der Waals surface area contributed by atoms with Crippen LogP contribution in [0.15, 0.2) is 60.9 Å². The zero-order valence-corrected chi connectivity index (χ0v) is 12.2. The van der Waals surface area contributed by atoms with Crippen LogP contribution in [0.5, 0.6) is 0 Å². The van der Waals surface area contributed by atoms with E-state index in [0.717, 1.165) is 11.1 Å². The predicted octanol–water partition coefficient (Wildman–Crippen LogP) is 2.96. The van der Waals surface area contributed by atoms with Crippen molar-refractivity contribution in [1.82, 2.24) is 20.5 Å². The Morgan fingerprint density at radius 1 is 1.18 bits per heavy atom. The van der Waals surface area contributed by atoms with Gasteiger partial charge in [-0.25, -0.2) is 0 Å². The van der Waals surface area contributed by atoms with Crippen LogP contribution in [0, 0.1) is 0 Å². The van der Waals surface area contributed by atoms with Crippen LogP contribution in [0.3, 0.4) is 0 Å². The summed E-state index contributed by atoms with van der Waals surface area (Å²) < 4.78 is 0. The van der Waals surface area contributed by atoms with Crippen LogP contribution >= 0.6 is 0 Å². The topological polar surface area (TPSA) is 70.7 Å². The van der Waals surface area contributed by atoms with Gasteiger partial charge in [0.25, 0.3) is 5.91 Å². The number of aromatic amines is 1. The van der Waals surface area contributed by atoms with Gasteiger partial charge in [0.15, 0.2) is 0 Å². The van der Waals surface area contributed by atoms with Crippen molar-refractivity contribution in [3.05, 3.63) is 72.2 Å². The molecule has 22 heavy (non-hydrogen) atoms. The summed E-state index contributed by atoms with van der Waals surface area (Å²) in [4.78, 5) is 16.3. The molecule has 0 spiro atoms. The van der Waals surface area contributed by atoms with Crippen LogP contribution in [0.4, 0.5) is 0 Å². The molecule has 0 fully saturated rings. The summed E-state index contributed by atoms with van der Waals surface area (Å²) in [7, 11) is 0. The molecule has 1 unspecified atom stereocenters. The maximum absolute atomic E-state index is 12.3. The van der Waals surface area contributed by atoms with Crippen molar-refractivity contribution in [2.45, 2.75) is 13.0 Å². The summed E-state index contributed by atoms with van der Waals surface area (Å²) in [5.41, 5.74) is 3.06. The Kier molecular flexibility index (Phi) is 3.96. The van der Waals surface area contributed by atoms with Gasteiger partial charge in [-0.15, -0.1) is 0 Å². The van der Waals surface area contributed by atoms with Crippen molar-refractivity contribution in [3.8, 4) is 11.3 Å². The third-order valence-corrected chi connectivity index (χ3v) is 3.43. The molecule has 0 saturated carbocycles. The third kappa shape index (κ3) is 3.03. The quantitative estimate of drug-likeness (QED) is 0.776. The number of rotatable bonds is 4.